The highest BCUT2D eigenvalue weighted by atomic mass is 35.5. The predicted molar refractivity (Wildman–Crippen MR) is 179 cm³/mol. The molecule has 1 unspecified atom stereocenters. The zero-order valence-corrected chi connectivity index (χ0v) is 27.9. The Morgan fingerprint density at radius 3 is 2.25 bits per heavy atom. The molecule has 4 rings (SSSR count). The lowest BCUT2D eigenvalue weighted by molar-refractivity contribution is -0.141. The number of sulfonamides is 1. The van der Waals surface area contributed by atoms with Gasteiger partial charge in [0.1, 0.15) is 6.04 Å². The summed E-state index contributed by atoms with van der Waals surface area (Å²) in [6.07, 6.45) is 5.71. The van der Waals surface area contributed by atoms with Crippen molar-refractivity contribution < 1.29 is 18.0 Å². The number of benzene rings is 3. The SMILES string of the molecule is Cc1ccc(C)c(N(CCCC(=O)N(Cc2c(Cl)cccc2Cl)C(Cc2ccccc2)C(=O)NC2CCCC2)S(C)(=O)=O)c1. The first-order valence-electron chi connectivity index (χ1n) is 15.1. The van der Waals surface area contributed by atoms with Gasteiger partial charge in [-0.05, 0) is 68.0 Å². The summed E-state index contributed by atoms with van der Waals surface area (Å²) in [5, 5.41) is 4.00. The molecule has 0 spiro atoms. The highest BCUT2D eigenvalue weighted by molar-refractivity contribution is 7.92. The fourth-order valence-electron chi connectivity index (χ4n) is 5.75. The molecule has 10 heteroatoms. The molecule has 0 bridgehead atoms. The smallest absolute Gasteiger partial charge is 0.243 e. The number of rotatable bonds is 13. The van der Waals surface area contributed by atoms with Gasteiger partial charge in [0.05, 0.1) is 11.9 Å². The van der Waals surface area contributed by atoms with Crippen LogP contribution in [0.15, 0.2) is 66.7 Å². The average Bonchev–Trinajstić information content (AvgIpc) is 3.48. The number of carbonyl (C=O) groups is 2. The first-order valence-corrected chi connectivity index (χ1v) is 17.7. The minimum Gasteiger partial charge on any atom is -0.352 e. The topological polar surface area (TPSA) is 86.8 Å². The summed E-state index contributed by atoms with van der Waals surface area (Å²) < 4.78 is 27.0. The lowest BCUT2D eigenvalue weighted by Gasteiger charge is -2.33. The van der Waals surface area contributed by atoms with Gasteiger partial charge in [0.25, 0.3) is 0 Å². The van der Waals surface area contributed by atoms with Crippen LogP contribution in [0.5, 0.6) is 0 Å². The number of aryl methyl sites for hydroxylation is 2. The summed E-state index contributed by atoms with van der Waals surface area (Å²) in [4.78, 5) is 29.6. The van der Waals surface area contributed by atoms with Gasteiger partial charge in [-0.2, -0.15) is 0 Å². The Kier molecular flexibility index (Phi) is 11.7. The molecule has 1 aliphatic carbocycles. The van der Waals surface area contributed by atoms with Crippen molar-refractivity contribution in [1.29, 1.82) is 0 Å². The molecule has 1 N–H and O–H groups in total. The first kappa shape index (κ1) is 33.8. The van der Waals surface area contributed by atoms with E-state index in [1.54, 1.807) is 23.1 Å². The van der Waals surface area contributed by atoms with E-state index in [-0.39, 0.29) is 43.8 Å². The number of nitrogens with zero attached hydrogens (tertiary/aromatic N) is 2. The predicted octanol–water partition coefficient (Wildman–Crippen LogP) is 6.86. The third-order valence-electron chi connectivity index (χ3n) is 8.15. The molecule has 236 valence electrons. The molecule has 0 aromatic heterocycles. The molecular formula is C34H41Cl2N3O4S. The standard InChI is InChI=1S/C34H41Cl2N3O4S/c1-24-18-19-25(2)31(21-24)39(44(3,42)43)20-10-17-33(40)38(23-28-29(35)15-9-16-30(28)36)32(22-26-11-5-4-6-12-26)34(41)37-27-13-7-8-14-27/h4-6,9,11-12,15-16,18-19,21,27,32H,7-8,10,13-14,17,20,22-23H2,1-3H3,(H,37,41). The summed E-state index contributed by atoms with van der Waals surface area (Å²) in [7, 11) is -3.61. The normalized spacial score (nSPS) is 14.3. The Balaban J connectivity index is 1.63. The van der Waals surface area contributed by atoms with Crippen LogP contribution < -0.4 is 9.62 Å². The fraction of sp³-hybridized carbons (Fsp3) is 0.412. The Labute approximate surface area is 271 Å². The van der Waals surface area contributed by atoms with Crippen molar-refractivity contribution >= 4 is 50.7 Å². The summed E-state index contributed by atoms with van der Waals surface area (Å²) in [5.74, 6) is -0.497. The summed E-state index contributed by atoms with van der Waals surface area (Å²) in [6.45, 7) is 3.94. The van der Waals surface area contributed by atoms with Gasteiger partial charge in [-0.3, -0.25) is 13.9 Å². The quantitative estimate of drug-likeness (QED) is 0.218. The van der Waals surface area contributed by atoms with Crippen molar-refractivity contribution in [1.82, 2.24) is 10.2 Å². The molecule has 1 fully saturated rings. The number of hydrogen-bond acceptors (Lipinski definition) is 4. The number of amides is 2. The zero-order valence-electron chi connectivity index (χ0n) is 25.6. The minimum atomic E-state index is -3.61. The van der Waals surface area contributed by atoms with Gasteiger partial charge in [0.15, 0.2) is 0 Å². The van der Waals surface area contributed by atoms with E-state index in [0.29, 0.717) is 27.7 Å². The fourth-order valence-corrected chi connectivity index (χ4v) is 7.28. The van der Waals surface area contributed by atoms with E-state index >= 15 is 0 Å². The number of halogens is 2. The van der Waals surface area contributed by atoms with E-state index in [9.17, 15) is 18.0 Å². The van der Waals surface area contributed by atoms with Gasteiger partial charge in [-0.1, -0.05) is 84.6 Å². The molecule has 0 saturated heterocycles. The Hall–Kier alpha value is -3.07. The summed E-state index contributed by atoms with van der Waals surface area (Å²) >= 11 is 13.1. The minimum absolute atomic E-state index is 0.0287. The zero-order chi connectivity index (χ0) is 31.9. The van der Waals surface area contributed by atoms with Crippen LogP contribution >= 0.6 is 23.2 Å². The number of anilines is 1. The second-order valence-corrected chi connectivity index (χ2v) is 14.4. The molecule has 3 aromatic carbocycles. The molecule has 44 heavy (non-hydrogen) atoms. The number of hydrogen-bond donors (Lipinski definition) is 1. The van der Waals surface area contributed by atoms with Crippen LogP contribution in [-0.4, -0.2) is 50.0 Å². The van der Waals surface area contributed by atoms with Crippen LogP contribution in [0.4, 0.5) is 5.69 Å². The maximum atomic E-state index is 14.1. The highest BCUT2D eigenvalue weighted by Crippen LogP contribution is 2.29. The van der Waals surface area contributed by atoms with Crippen molar-refractivity contribution in [3.63, 3.8) is 0 Å². The summed E-state index contributed by atoms with van der Waals surface area (Å²) in [6, 6.07) is 19.7. The molecular weight excluding hydrogens is 617 g/mol. The molecule has 1 atom stereocenters. The Bertz CT molecular complexity index is 1540. The molecule has 0 heterocycles. The van der Waals surface area contributed by atoms with Gasteiger partial charge in [-0.15, -0.1) is 0 Å². The van der Waals surface area contributed by atoms with Crippen molar-refractivity contribution in [2.45, 2.75) is 77.4 Å². The first-order chi connectivity index (χ1) is 20.9. The molecule has 0 aliphatic heterocycles. The second kappa shape index (κ2) is 15.3. The van der Waals surface area contributed by atoms with Crippen LogP contribution in [0.3, 0.4) is 0 Å². The number of nitrogens with one attached hydrogen (secondary N) is 1. The monoisotopic (exact) mass is 657 g/mol. The van der Waals surface area contributed by atoms with Gasteiger partial charge < -0.3 is 10.2 Å². The second-order valence-electron chi connectivity index (χ2n) is 11.6. The Morgan fingerprint density at radius 2 is 1.61 bits per heavy atom. The van der Waals surface area contributed by atoms with E-state index in [2.05, 4.69) is 5.32 Å². The van der Waals surface area contributed by atoms with Crippen LogP contribution in [0, 0.1) is 13.8 Å². The molecule has 1 saturated carbocycles. The van der Waals surface area contributed by atoms with Crippen molar-refractivity contribution in [3.8, 4) is 0 Å². The molecule has 1 aliphatic rings. The van der Waals surface area contributed by atoms with Gasteiger partial charge in [0, 0.05) is 47.6 Å². The van der Waals surface area contributed by atoms with Crippen molar-refractivity contribution in [3.05, 3.63) is 99.0 Å². The lowest BCUT2D eigenvalue weighted by Crippen LogP contribution is -2.52. The molecule has 2 amide bonds. The highest BCUT2D eigenvalue weighted by Gasteiger charge is 2.33. The Morgan fingerprint density at radius 1 is 0.955 bits per heavy atom. The maximum absolute atomic E-state index is 14.1. The largest absolute Gasteiger partial charge is 0.352 e. The van der Waals surface area contributed by atoms with Crippen molar-refractivity contribution in [2.24, 2.45) is 0 Å². The van der Waals surface area contributed by atoms with Crippen LogP contribution in [0.1, 0.15) is 60.8 Å². The third kappa shape index (κ3) is 8.99. The van der Waals surface area contributed by atoms with Gasteiger partial charge in [0.2, 0.25) is 21.8 Å². The van der Waals surface area contributed by atoms with Gasteiger partial charge in [-0.25, -0.2) is 8.42 Å². The van der Waals surface area contributed by atoms with Crippen molar-refractivity contribution in [2.75, 3.05) is 17.1 Å². The van der Waals surface area contributed by atoms with E-state index in [1.807, 2.05) is 62.4 Å². The number of carbonyl (C=O) groups excluding carboxylic acids is 2. The van der Waals surface area contributed by atoms with Crippen LogP contribution in [0.2, 0.25) is 10.0 Å². The average molecular weight is 659 g/mol. The molecule has 7 nitrogen and oxygen atoms in total. The van der Waals surface area contributed by atoms with Crippen LogP contribution in [0.25, 0.3) is 0 Å². The summed E-state index contributed by atoms with van der Waals surface area (Å²) in [5.41, 5.74) is 3.84. The molecule has 0 radical (unpaired) electrons. The van der Waals surface area contributed by atoms with E-state index < -0.39 is 16.1 Å². The van der Waals surface area contributed by atoms with Gasteiger partial charge >= 0.3 is 0 Å². The lowest BCUT2D eigenvalue weighted by atomic mass is 10.0. The van der Waals surface area contributed by atoms with Crippen LogP contribution in [-0.2, 0) is 32.6 Å². The maximum Gasteiger partial charge on any atom is 0.243 e. The third-order valence-corrected chi connectivity index (χ3v) is 10.0. The van der Waals surface area contributed by atoms with E-state index in [0.717, 1.165) is 42.4 Å². The van der Waals surface area contributed by atoms with E-state index in [4.69, 9.17) is 23.2 Å². The molecule has 3 aromatic rings. The van der Waals surface area contributed by atoms with E-state index in [1.165, 1.54) is 10.6 Å².